The molecule has 0 fully saturated rings. The van der Waals surface area contributed by atoms with E-state index in [2.05, 4.69) is 31.6 Å². The summed E-state index contributed by atoms with van der Waals surface area (Å²) in [6.45, 7) is -1.97. The Kier molecular flexibility index (Phi) is 17.3. The fraction of sp³-hybridized carbons (Fsp3) is 0.481. The molecule has 1 aromatic carbocycles. The number of carbonyl (C=O) groups excluding carboxylic acids is 5. The molecule has 0 aromatic heterocycles. The van der Waals surface area contributed by atoms with Crippen molar-refractivity contribution in [2.24, 2.45) is 22.2 Å². The third-order valence-corrected chi connectivity index (χ3v) is 6.31. The van der Waals surface area contributed by atoms with Gasteiger partial charge in [-0.15, -0.1) is 0 Å². The number of guanidine groups is 1. The topological polar surface area (TPSA) is 351 Å². The van der Waals surface area contributed by atoms with Crippen LogP contribution in [0.15, 0.2) is 29.3 Å². The fourth-order valence-corrected chi connectivity index (χ4v) is 3.90. The molecule has 260 valence electrons. The van der Waals surface area contributed by atoms with Gasteiger partial charge in [-0.05, 0) is 37.0 Å². The predicted molar refractivity (Wildman–Crippen MR) is 163 cm³/mol. The summed E-state index contributed by atoms with van der Waals surface area (Å²) in [4.78, 5) is 89.5. The van der Waals surface area contributed by atoms with Crippen molar-refractivity contribution in [3.8, 4) is 5.75 Å². The average molecular weight is 668 g/mol. The van der Waals surface area contributed by atoms with Gasteiger partial charge in [0.1, 0.15) is 29.9 Å². The van der Waals surface area contributed by atoms with Gasteiger partial charge in [-0.2, -0.15) is 0 Å². The molecular weight excluding hydrogens is 626 g/mol. The molecule has 0 saturated heterocycles. The van der Waals surface area contributed by atoms with Crippen LogP contribution in [-0.4, -0.2) is 118 Å². The number of aromatic hydroxyl groups is 1. The van der Waals surface area contributed by atoms with Crippen molar-refractivity contribution in [1.29, 1.82) is 0 Å². The van der Waals surface area contributed by atoms with Crippen LogP contribution in [0.5, 0.6) is 5.75 Å². The normalized spacial score (nSPS) is 13.1. The van der Waals surface area contributed by atoms with Crippen molar-refractivity contribution in [3.63, 3.8) is 0 Å². The zero-order valence-corrected chi connectivity index (χ0v) is 25.3. The Labute approximate surface area is 268 Å². The van der Waals surface area contributed by atoms with E-state index in [1.54, 1.807) is 0 Å². The summed E-state index contributed by atoms with van der Waals surface area (Å²) < 4.78 is 0. The minimum Gasteiger partial charge on any atom is -0.508 e. The number of rotatable bonds is 21. The van der Waals surface area contributed by atoms with Crippen LogP contribution in [0, 0.1) is 0 Å². The number of aliphatic imine (C=N–C) groups is 1. The van der Waals surface area contributed by atoms with Gasteiger partial charge in [-0.25, -0.2) is 4.79 Å². The predicted octanol–water partition coefficient (Wildman–Crippen LogP) is -5.06. The van der Waals surface area contributed by atoms with Gasteiger partial charge in [0, 0.05) is 19.4 Å². The molecule has 0 aliphatic carbocycles. The first-order chi connectivity index (χ1) is 22.2. The van der Waals surface area contributed by atoms with Crippen LogP contribution in [0.25, 0.3) is 0 Å². The monoisotopic (exact) mass is 667 g/mol. The lowest BCUT2D eigenvalue weighted by Gasteiger charge is -2.23. The molecule has 47 heavy (non-hydrogen) atoms. The number of hydrogen-bond donors (Lipinski definition) is 12. The third-order valence-electron chi connectivity index (χ3n) is 6.31. The van der Waals surface area contributed by atoms with Gasteiger partial charge in [-0.1, -0.05) is 12.1 Å². The molecule has 5 amide bonds. The molecule has 1 rings (SSSR count). The second-order valence-corrected chi connectivity index (χ2v) is 10.1. The molecule has 0 saturated carbocycles. The number of nitrogens with zero attached hydrogens (tertiary/aromatic N) is 1. The number of carboxylic acid groups (broad SMARTS) is 2. The van der Waals surface area contributed by atoms with Gasteiger partial charge in [0.05, 0.1) is 19.7 Å². The van der Waals surface area contributed by atoms with E-state index in [0.717, 1.165) is 0 Å². The Morgan fingerprint density at radius 2 is 1.34 bits per heavy atom. The van der Waals surface area contributed by atoms with Crippen LogP contribution in [0.1, 0.15) is 31.2 Å². The van der Waals surface area contributed by atoms with E-state index in [9.17, 15) is 48.9 Å². The van der Waals surface area contributed by atoms with E-state index in [-0.39, 0.29) is 37.5 Å². The molecule has 0 heterocycles. The van der Waals surface area contributed by atoms with E-state index in [0.29, 0.717) is 5.56 Å². The number of phenols is 1. The number of hydrogen-bond acceptors (Lipinski definition) is 11. The number of nitrogens with two attached hydrogens (primary N) is 3. The summed E-state index contributed by atoms with van der Waals surface area (Å²) >= 11 is 0. The minimum atomic E-state index is -1.70. The van der Waals surface area contributed by atoms with Crippen LogP contribution < -0.4 is 43.8 Å². The van der Waals surface area contributed by atoms with Crippen LogP contribution in [-0.2, 0) is 40.0 Å². The number of carboxylic acids is 2. The molecule has 0 aliphatic heterocycles. The van der Waals surface area contributed by atoms with Gasteiger partial charge in [0.25, 0.3) is 0 Å². The Balaban J connectivity index is 2.89. The van der Waals surface area contributed by atoms with Crippen LogP contribution in [0.3, 0.4) is 0 Å². The zero-order chi connectivity index (χ0) is 35.5. The second-order valence-electron chi connectivity index (χ2n) is 10.1. The first-order valence-electron chi connectivity index (χ1n) is 14.2. The zero-order valence-electron chi connectivity index (χ0n) is 25.3. The lowest BCUT2D eigenvalue weighted by atomic mass is 10.1. The Morgan fingerprint density at radius 3 is 1.89 bits per heavy atom. The second kappa shape index (κ2) is 20.5. The van der Waals surface area contributed by atoms with Crippen molar-refractivity contribution in [2.45, 2.75) is 56.3 Å². The Hall–Kier alpha value is -5.50. The molecule has 0 bridgehead atoms. The average Bonchev–Trinajstić information content (AvgIpc) is 3.01. The summed E-state index contributed by atoms with van der Waals surface area (Å²) in [6, 6.07) is -0.353. The van der Waals surface area contributed by atoms with Crippen molar-refractivity contribution >= 4 is 47.4 Å². The highest BCUT2D eigenvalue weighted by molar-refractivity contribution is 5.95. The third kappa shape index (κ3) is 15.9. The van der Waals surface area contributed by atoms with Gasteiger partial charge in [0.2, 0.25) is 29.5 Å². The van der Waals surface area contributed by atoms with Gasteiger partial charge >= 0.3 is 11.9 Å². The number of aliphatic hydroxyl groups is 1. The van der Waals surface area contributed by atoms with Crippen molar-refractivity contribution in [2.75, 3.05) is 26.2 Å². The van der Waals surface area contributed by atoms with Gasteiger partial charge < -0.3 is 64.2 Å². The van der Waals surface area contributed by atoms with Gasteiger partial charge in [0.15, 0.2) is 5.96 Å². The summed E-state index contributed by atoms with van der Waals surface area (Å²) in [5, 5.41) is 49.0. The van der Waals surface area contributed by atoms with Crippen LogP contribution in [0.2, 0.25) is 0 Å². The summed E-state index contributed by atoms with van der Waals surface area (Å²) in [7, 11) is 0. The molecule has 1 aromatic rings. The van der Waals surface area contributed by atoms with E-state index in [4.69, 9.17) is 22.3 Å². The molecule has 15 N–H and O–H groups in total. The van der Waals surface area contributed by atoms with Crippen LogP contribution >= 0.6 is 0 Å². The standard InChI is InChI=1S/C27H41N9O11/c28-11-20(39)33-16(2-1-9-31-27(29)30)23(43)32-12-21(40)34-17(7-8-22(41)42)24(44)36-19(13-37)25(45)35-18(26(46)47)10-14-3-5-15(38)6-4-14/h3-6,16-19,37-38H,1-2,7-13,28H2,(H,32,43)(H,33,39)(H,34,40)(H,35,45)(H,36,44)(H,41,42)(H,46,47)(H4,29,30,31)/t16-,17-,18-,19-/m0/s1. The maximum Gasteiger partial charge on any atom is 0.326 e. The van der Waals surface area contributed by atoms with E-state index in [1.165, 1.54) is 24.3 Å². The maximum absolute atomic E-state index is 13.0. The van der Waals surface area contributed by atoms with Crippen molar-refractivity contribution < 1.29 is 54.0 Å². The SMILES string of the molecule is NCC(=O)N[C@@H](CCCN=C(N)N)C(=O)NCC(=O)N[C@@H](CCC(=O)O)C(=O)N[C@@H](CO)C(=O)N[C@@H](Cc1ccc(O)cc1)C(=O)O. The van der Waals surface area contributed by atoms with Gasteiger partial charge in [-0.3, -0.25) is 33.8 Å². The first kappa shape index (κ1) is 39.5. The number of phenolic OH excluding ortho intramolecular Hbond substituents is 1. The molecular formula is C27H41N9O11. The smallest absolute Gasteiger partial charge is 0.326 e. The molecule has 0 aliphatic rings. The summed E-state index contributed by atoms with van der Waals surface area (Å²) in [5.41, 5.74) is 16.2. The maximum atomic E-state index is 13.0. The van der Waals surface area contributed by atoms with E-state index < -0.39 is 98.2 Å². The minimum absolute atomic E-state index is 0.0594. The number of benzene rings is 1. The summed E-state index contributed by atoms with van der Waals surface area (Å²) in [5.74, 6) is -7.53. The number of nitrogens with one attached hydrogen (secondary N) is 5. The molecule has 0 spiro atoms. The molecule has 0 radical (unpaired) electrons. The molecule has 20 heteroatoms. The number of amides is 5. The van der Waals surface area contributed by atoms with Crippen LogP contribution in [0.4, 0.5) is 0 Å². The lowest BCUT2D eigenvalue weighted by molar-refractivity contribution is -0.142. The highest BCUT2D eigenvalue weighted by Gasteiger charge is 2.30. The fourth-order valence-electron chi connectivity index (χ4n) is 3.90. The first-order valence-corrected chi connectivity index (χ1v) is 14.2. The quantitative estimate of drug-likeness (QED) is 0.0332. The van der Waals surface area contributed by atoms with E-state index >= 15 is 0 Å². The highest BCUT2D eigenvalue weighted by atomic mass is 16.4. The molecule has 0 unspecified atom stereocenters. The Morgan fingerprint density at radius 1 is 0.766 bits per heavy atom. The summed E-state index contributed by atoms with van der Waals surface area (Å²) in [6.07, 6.45) is -0.921. The molecule has 20 nitrogen and oxygen atoms in total. The lowest BCUT2D eigenvalue weighted by Crippen LogP contribution is -2.58. The number of aliphatic hydroxyl groups excluding tert-OH is 1. The highest BCUT2D eigenvalue weighted by Crippen LogP contribution is 2.12. The number of carbonyl (C=O) groups is 7. The van der Waals surface area contributed by atoms with Crippen molar-refractivity contribution in [3.05, 3.63) is 29.8 Å². The van der Waals surface area contributed by atoms with E-state index in [1.807, 2.05) is 0 Å². The van der Waals surface area contributed by atoms with Crippen molar-refractivity contribution in [1.82, 2.24) is 26.6 Å². The largest absolute Gasteiger partial charge is 0.508 e. The Bertz CT molecular complexity index is 1290. The number of aliphatic carboxylic acids is 2. The molecule has 4 atom stereocenters.